The summed E-state index contributed by atoms with van der Waals surface area (Å²) < 4.78 is 17.4. The third-order valence-electron chi connectivity index (χ3n) is 3.80. The lowest BCUT2D eigenvalue weighted by molar-refractivity contribution is 0.0255. The first kappa shape index (κ1) is 20.3. The molecule has 6 nitrogen and oxygen atoms in total. The van der Waals surface area contributed by atoms with E-state index in [0.29, 0.717) is 33.0 Å². The van der Waals surface area contributed by atoms with Crippen LogP contribution in [-0.4, -0.2) is 51.3 Å². The first-order chi connectivity index (χ1) is 12.7. The highest BCUT2D eigenvalue weighted by Crippen LogP contribution is 2.09. The van der Waals surface area contributed by atoms with Crippen LogP contribution in [0.4, 0.5) is 0 Å². The molecule has 0 radical (unpaired) electrons. The highest BCUT2D eigenvalue weighted by Gasteiger charge is 2.01. The fraction of sp³-hybridized carbons (Fsp3) is 0.450. The van der Waals surface area contributed by atoms with Crippen LogP contribution in [0.15, 0.2) is 47.4 Å². The van der Waals surface area contributed by atoms with Gasteiger partial charge in [0.2, 0.25) is 0 Å². The highest BCUT2D eigenvalue weighted by molar-refractivity contribution is 5.36. The van der Waals surface area contributed by atoms with Crippen LogP contribution in [0.1, 0.15) is 11.1 Å². The Bertz CT molecular complexity index is 715. The van der Waals surface area contributed by atoms with E-state index in [9.17, 15) is 4.79 Å². The maximum atomic E-state index is 12.0. The number of nitrogens with one attached hydrogen (secondary N) is 1. The van der Waals surface area contributed by atoms with E-state index in [1.165, 1.54) is 0 Å². The summed E-state index contributed by atoms with van der Waals surface area (Å²) in [7, 11) is 1.65. The molecule has 142 valence electrons. The number of aromatic nitrogens is 1. The van der Waals surface area contributed by atoms with E-state index in [-0.39, 0.29) is 5.56 Å². The Morgan fingerprint density at radius 2 is 1.77 bits per heavy atom. The summed E-state index contributed by atoms with van der Waals surface area (Å²) in [6.07, 6.45) is 1.86. The predicted molar refractivity (Wildman–Crippen MR) is 102 cm³/mol. The molecule has 6 heteroatoms. The number of ether oxygens (including phenoxy) is 3. The van der Waals surface area contributed by atoms with Crippen LogP contribution in [0, 0.1) is 6.92 Å². The van der Waals surface area contributed by atoms with Gasteiger partial charge in [0.15, 0.2) is 0 Å². The van der Waals surface area contributed by atoms with Gasteiger partial charge in [-0.05, 0) is 30.2 Å². The SMILES string of the molecule is COCCOCCOCCNCc1cccc(-n2cc(C)ccc2=O)c1. The Balaban J connectivity index is 1.71. The molecule has 1 aromatic heterocycles. The van der Waals surface area contributed by atoms with Crippen molar-refractivity contribution in [2.75, 3.05) is 46.7 Å². The number of benzene rings is 1. The van der Waals surface area contributed by atoms with Crippen LogP contribution in [0.5, 0.6) is 0 Å². The van der Waals surface area contributed by atoms with Gasteiger partial charge in [-0.3, -0.25) is 9.36 Å². The minimum atomic E-state index is -0.0261. The van der Waals surface area contributed by atoms with Crippen molar-refractivity contribution in [1.82, 2.24) is 9.88 Å². The van der Waals surface area contributed by atoms with Gasteiger partial charge in [-0.25, -0.2) is 0 Å². The predicted octanol–water partition coefficient (Wildman–Crippen LogP) is 1.92. The summed E-state index contributed by atoms with van der Waals surface area (Å²) in [5.41, 5.74) is 3.03. The molecular weight excluding hydrogens is 332 g/mol. The molecule has 0 unspecified atom stereocenters. The lowest BCUT2D eigenvalue weighted by Crippen LogP contribution is -2.21. The van der Waals surface area contributed by atoms with Crippen LogP contribution < -0.4 is 10.9 Å². The molecule has 0 aliphatic rings. The van der Waals surface area contributed by atoms with Crippen molar-refractivity contribution in [2.45, 2.75) is 13.5 Å². The maximum absolute atomic E-state index is 12.0. The largest absolute Gasteiger partial charge is 0.382 e. The molecule has 0 fully saturated rings. The van der Waals surface area contributed by atoms with Gasteiger partial charge in [0.05, 0.1) is 33.0 Å². The Morgan fingerprint density at radius 3 is 2.58 bits per heavy atom. The molecule has 0 saturated heterocycles. The lowest BCUT2D eigenvalue weighted by atomic mass is 10.2. The van der Waals surface area contributed by atoms with Gasteiger partial charge < -0.3 is 19.5 Å². The molecule has 0 atom stereocenters. The summed E-state index contributed by atoms with van der Waals surface area (Å²) in [4.78, 5) is 12.0. The Kier molecular flexibility index (Phi) is 9.06. The van der Waals surface area contributed by atoms with Gasteiger partial charge in [0, 0.05) is 38.1 Å². The van der Waals surface area contributed by atoms with E-state index in [2.05, 4.69) is 5.32 Å². The van der Waals surface area contributed by atoms with Gasteiger partial charge >= 0.3 is 0 Å². The first-order valence-corrected chi connectivity index (χ1v) is 8.84. The van der Waals surface area contributed by atoms with Crippen molar-refractivity contribution in [1.29, 1.82) is 0 Å². The summed E-state index contributed by atoms with van der Waals surface area (Å²) >= 11 is 0. The molecule has 0 aliphatic carbocycles. The van der Waals surface area contributed by atoms with Crippen molar-refractivity contribution < 1.29 is 14.2 Å². The topological polar surface area (TPSA) is 61.7 Å². The second-order valence-corrected chi connectivity index (χ2v) is 5.98. The number of pyridine rings is 1. The maximum Gasteiger partial charge on any atom is 0.255 e. The normalized spacial score (nSPS) is 11.0. The number of methoxy groups -OCH3 is 1. The molecule has 1 aromatic carbocycles. The third kappa shape index (κ3) is 7.09. The fourth-order valence-electron chi connectivity index (χ4n) is 2.45. The van der Waals surface area contributed by atoms with Crippen LogP contribution in [0.3, 0.4) is 0 Å². The van der Waals surface area contributed by atoms with E-state index >= 15 is 0 Å². The van der Waals surface area contributed by atoms with Crippen molar-refractivity contribution in [3.05, 3.63) is 64.1 Å². The average molecular weight is 360 g/mol. The molecule has 0 aliphatic heterocycles. The highest BCUT2D eigenvalue weighted by atomic mass is 16.5. The van der Waals surface area contributed by atoms with Crippen molar-refractivity contribution in [2.24, 2.45) is 0 Å². The Hall–Kier alpha value is -1.99. The number of aryl methyl sites for hydroxylation is 1. The van der Waals surface area contributed by atoms with Crippen LogP contribution in [0.2, 0.25) is 0 Å². The zero-order valence-electron chi connectivity index (χ0n) is 15.6. The van der Waals surface area contributed by atoms with Crippen molar-refractivity contribution in [3.63, 3.8) is 0 Å². The van der Waals surface area contributed by atoms with E-state index in [1.807, 2.05) is 43.5 Å². The van der Waals surface area contributed by atoms with E-state index in [0.717, 1.165) is 29.9 Å². The van der Waals surface area contributed by atoms with E-state index in [1.54, 1.807) is 17.7 Å². The zero-order valence-corrected chi connectivity index (χ0v) is 15.6. The van der Waals surface area contributed by atoms with Gasteiger partial charge in [-0.15, -0.1) is 0 Å². The molecule has 0 amide bonds. The summed E-state index contributed by atoms with van der Waals surface area (Å²) in [5.74, 6) is 0. The summed E-state index contributed by atoms with van der Waals surface area (Å²) in [6.45, 7) is 6.45. The van der Waals surface area contributed by atoms with E-state index < -0.39 is 0 Å². The minimum Gasteiger partial charge on any atom is -0.382 e. The average Bonchev–Trinajstić information content (AvgIpc) is 2.65. The van der Waals surface area contributed by atoms with Gasteiger partial charge in [-0.1, -0.05) is 18.2 Å². The molecule has 0 spiro atoms. The van der Waals surface area contributed by atoms with Crippen LogP contribution in [-0.2, 0) is 20.8 Å². The zero-order chi connectivity index (χ0) is 18.6. The van der Waals surface area contributed by atoms with Crippen LogP contribution >= 0.6 is 0 Å². The number of hydrogen-bond acceptors (Lipinski definition) is 5. The van der Waals surface area contributed by atoms with Gasteiger partial charge in [0.1, 0.15) is 0 Å². The number of hydrogen-bond donors (Lipinski definition) is 1. The monoisotopic (exact) mass is 360 g/mol. The molecule has 1 heterocycles. The number of nitrogens with zero attached hydrogens (tertiary/aromatic N) is 1. The van der Waals surface area contributed by atoms with Crippen molar-refractivity contribution in [3.8, 4) is 5.69 Å². The first-order valence-electron chi connectivity index (χ1n) is 8.84. The fourth-order valence-corrected chi connectivity index (χ4v) is 2.45. The number of rotatable bonds is 12. The Morgan fingerprint density at radius 1 is 1.00 bits per heavy atom. The Labute approximate surface area is 154 Å². The molecule has 2 aromatic rings. The second kappa shape index (κ2) is 11.6. The molecular formula is C20H28N2O4. The molecule has 1 N–H and O–H groups in total. The molecule has 0 saturated carbocycles. The minimum absolute atomic E-state index is 0.0261. The van der Waals surface area contributed by atoms with Crippen molar-refractivity contribution >= 4 is 0 Å². The molecule has 26 heavy (non-hydrogen) atoms. The quantitative estimate of drug-likeness (QED) is 0.586. The standard InChI is InChI=1S/C20H28N2O4/c1-17-6-7-20(23)22(16-17)19-5-3-4-18(14-19)15-21-8-9-25-12-13-26-11-10-24-2/h3-7,14,16,21H,8-13,15H2,1-2H3. The van der Waals surface area contributed by atoms with Gasteiger partial charge in [0.25, 0.3) is 5.56 Å². The second-order valence-electron chi connectivity index (χ2n) is 5.98. The summed E-state index contributed by atoms with van der Waals surface area (Å²) in [5, 5.41) is 3.34. The van der Waals surface area contributed by atoms with Gasteiger partial charge in [-0.2, -0.15) is 0 Å². The van der Waals surface area contributed by atoms with Crippen LogP contribution in [0.25, 0.3) is 5.69 Å². The molecule has 0 bridgehead atoms. The van der Waals surface area contributed by atoms with E-state index in [4.69, 9.17) is 14.2 Å². The molecule has 2 rings (SSSR count). The lowest BCUT2D eigenvalue weighted by Gasteiger charge is -2.10. The smallest absolute Gasteiger partial charge is 0.255 e. The summed E-state index contributed by atoms with van der Waals surface area (Å²) in [6, 6.07) is 11.4. The third-order valence-corrected chi connectivity index (χ3v) is 3.80.